The molecule has 6 heteroatoms. The predicted molar refractivity (Wildman–Crippen MR) is 61.3 cm³/mol. The van der Waals surface area contributed by atoms with E-state index >= 15 is 0 Å². The number of benzene rings is 1. The number of alkyl halides is 3. The highest BCUT2D eigenvalue weighted by molar-refractivity contribution is 5.29. The summed E-state index contributed by atoms with van der Waals surface area (Å²) in [5, 5.41) is 9.23. The first kappa shape index (κ1) is 13.8. The fourth-order valence-electron chi connectivity index (χ4n) is 2.22. The van der Waals surface area contributed by atoms with E-state index in [4.69, 9.17) is 4.74 Å². The van der Waals surface area contributed by atoms with Crippen LogP contribution in [-0.2, 0) is 10.9 Å². The Labute approximate surface area is 109 Å². The zero-order chi connectivity index (χ0) is 13.9. The third kappa shape index (κ3) is 3.25. The molecule has 3 nitrogen and oxygen atoms in total. The second-order valence-electron chi connectivity index (χ2n) is 4.46. The molecule has 1 saturated heterocycles. The molecule has 1 heterocycles. The Morgan fingerprint density at radius 3 is 2.53 bits per heavy atom. The molecule has 1 aromatic rings. The van der Waals surface area contributed by atoms with Crippen molar-refractivity contribution in [3.8, 4) is 6.07 Å². The number of nitriles is 1. The van der Waals surface area contributed by atoms with Crippen molar-refractivity contribution in [3.05, 3.63) is 35.4 Å². The zero-order valence-electron chi connectivity index (χ0n) is 10.2. The van der Waals surface area contributed by atoms with Crippen LogP contribution < -0.4 is 4.90 Å². The lowest BCUT2D eigenvalue weighted by Gasteiger charge is -2.27. The number of quaternary nitrogens is 1. The summed E-state index contributed by atoms with van der Waals surface area (Å²) < 4.78 is 43.2. The Hall–Kier alpha value is -1.58. The maximum atomic E-state index is 12.7. The molecule has 19 heavy (non-hydrogen) atoms. The molecule has 102 valence electrons. The molecular weight excluding hydrogens is 257 g/mol. The Morgan fingerprint density at radius 1 is 1.26 bits per heavy atom. The van der Waals surface area contributed by atoms with Crippen molar-refractivity contribution in [2.45, 2.75) is 12.2 Å². The van der Waals surface area contributed by atoms with Gasteiger partial charge in [-0.2, -0.15) is 18.4 Å². The molecule has 0 unspecified atom stereocenters. The van der Waals surface area contributed by atoms with E-state index in [9.17, 15) is 18.4 Å². The number of hydrogen-bond acceptors (Lipinski definition) is 2. The number of nitrogens with one attached hydrogen (secondary N) is 1. The molecule has 0 spiro atoms. The van der Waals surface area contributed by atoms with Gasteiger partial charge in [0.25, 0.3) is 0 Å². The second-order valence-corrected chi connectivity index (χ2v) is 4.46. The molecule has 1 aromatic carbocycles. The van der Waals surface area contributed by atoms with E-state index in [1.165, 1.54) is 6.07 Å². The van der Waals surface area contributed by atoms with Crippen molar-refractivity contribution in [1.29, 1.82) is 5.26 Å². The molecule has 0 aliphatic carbocycles. The van der Waals surface area contributed by atoms with Gasteiger partial charge in [0, 0.05) is 5.56 Å². The normalized spacial score (nSPS) is 18.8. The number of nitrogens with zero attached hydrogens (tertiary/aromatic N) is 1. The fraction of sp³-hybridized carbons (Fsp3) is 0.462. The minimum atomic E-state index is -4.38. The Balaban J connectivity index is 2.26. The zero-order valence-corrected chi connectivity index (χ0v) is 10.2. The maximum Gasteiger partial charge on any atom is 0.416 e. The van der Waals surface area contributed by atoms with Crippen LogP contribution in [-0.4, -0.2) is 26.3 Å². The molecule has 0 saturated carbocycles. The van der Waals surface area contributed by atoms with Crippen LogP contribution in [0.2, 0.25) is 0 Å². The average Bonchev–Trinajstić information content (AvgIpc) is 2.40. The first-order valence-electron chi connectivity index (χ1n) is 6.01. The lowest BCUT2D eigenvalue weighted by atomic mass is 10.0. The third-order valence-corrected chi connectivity index (χ3v) is 3.22. The molecular formula is C13H14F3N2O+. The van der Waals surface area contributed by atoms with E-state index in [1.54, 1.807) is 6.07 Å². The lowest BCUT2D eigenvalue weighted by Crippen LogP contribution is -3.14. The van der Waals surface area contributed by atoms with E-state index in [-0.39, 0.29) is 0 Å². The van der Waals surface area contributed by atoms with E-state index in [1.807, 2.05) is 0 Å². The monoisotopic (exact) mass is 271 g/mol. The van der Waals surface area contributed by atoms with E-state index in [2.05, 4.69) is 6.07 Å². The van der Waals surface area contributed by atoms with Gasteiger partial charge < -0.3 is 9.64 Å². The molecule has 2 rings (SSSR count). The third-order valence-electron chi connectivity index (χ3n) is 3.22. The van der Waals surface area contributed by atoms with Gasteiger partial charge in [-0.15, -0.1) is 0 Å². The summed E-state index contributed by atoms with van der Waals surface area (Å²) in [6, 6.07) is 6.54. The van der Waals surface area contributed by atoms with Gasteiger partial charge in [-0.05, 0) is 12.1 Å². The lowest BCUT2D eigenvalue weighted by molar-refractivity contribution is -0.930. The van der Waals surface area contributed by atoms with E-state index in [0.717, 1.165) is 17.0 Å². The van der Waals surface area contributed by atoms with Crippen LogP contribution in [0.25, 0.3) is 0 Å². The van der Waals surface area contributed by atoms with Crippen LogP contribution >= 0.6 is 0 Å². The SMILES string of the molecule is N#C[C@@H](c1cccc(C(F)(F)F)c1)[NH+]1CCOCC1. The van der Waals surface area contributed by atoms with Gasteiger partial charge in [-0.25, -0.2) is 0 Å². The molecule has 0 aromatic heterocycles. The highest BCUT2D eigenvalue weighted by Gasteiger charge is 2.33. The molecule has 1 aliphatic rings. The number of halogens is 3. The summed E-state index contributed by atoms with van der Waals surface area (Å²) in [5.41, 5.74) is -0.299. The Kier molecular flexibility index (Phi) is 4.08. The van der Waals surface area contributed by atoms with Crippen LogP contribution in [0.5, 0.6) is 0 Å². The fourth-order valence-corrected chi connectivity index (χ4v) is 2.22. The molecule has 1 N–H and O–H groups in total. The molecule has 0 radical (unpaired) electrons. The first-order chi connectivity index (χ1) is 9.02. The summed E-state index contributed by atoms with van der Waals surface area (Å²) >= 11 is 0. The highest BCUT2D eigenvalue weighted by atomic mass is 19.4. The molecule has 0 bridgehead atoms. The summed E-state index contributed by atoms with van der Waals surface area (Å²) in [5.74, 6) is 0. The summed E-state index contributed by atoms with van der Waals surface area (Å²) in [6.07, 6.45) is -4.38. The topological polar surface area (TPSA) is 37.5 Å². The van der Waals surface area contributed by atoms with E-state index < -0.39 is 17.8 Å². The number of rotatable bonds is 2. The minimum Gasteiger partial charge on any atom is -0.370 e. The van der Waals surface area contributed by atoms with Crippen molar-refractivity contribution >= 4 is 0 Å². The minimum absolute atomic E-state index is 0.411. The Bertz CT molecular complexity index is 476. The highest BCUT2D eigenvalue weighted by Crippen LogP contribution is 2.30. The summed E-state index contributed by atoms with van der Waals surface area (Å²) in [7, 11) is 0. The van der Waals surface area contributed by atoms with Crippen LogP contribution in [0, 0.1) is 11.3 Å². The second kappa shape index (κ2) is 5.59. The van der Waals surface area contributed by atoms with Gasteiger partial charge in [0.05, 0.1) is 18.8 Å². The number of hydrogen-bond donors (Lipinski definition) is 1. The largest absolute Gasteiger partial charge is 0.416 e. The smallest absolute Gasteiger partial charge is 0.370 e. The predicted octanol–water partition coefficient (Wildman–Crippen LogP) is 1.19. The van der Waals surface area contributed by atoms with Crippen LogP contribution in [0.3, 0.4) is 0 Å². The van der Waals surface area contributed by atoms with Gasteiger partial charge in [0.2, 0.25) is 6.04 Å². The number of ether oxygens (including phenoxy) is 1. The summed E-state index contributed by atoms with van der Waals surface area (Å²) in [6.45, 7) is 2.34. The van der Waals surface area contributed by atoms with Crippen LogP contribution in [0.1, 0.15) is 17.2 Å². The van der Waals surface area contributed by atoms with Gasteiger partial charge in [-0.3, -0.25) is 0 Å². The molecule has 0 amide bonds. The van der Waals surface area contributed by atoms with Crippen molar-refractivity contribution in [3.63, 3.8) is 0 Å². The van der Waals surface area contributed by atoms with Gasteiger partial charge in [-0.1, -0.05) is 12.1 Å². The maximum absolute atomic E-state index is 12.7. The van der Waals surface area contributed by atoms with Crippen molar-refractivity contribution in [2.24, 2.45) is 0 Å². The van der Waals surface area contributed by atoms with Gasteiger partial charge >= 0.3 is 6.18 Å². The van der Waals surface area contributed by atoms with Crippen molar-refractivity contribution < 1.29 is 22.8 Å². The van der Waals surface area contributed by atoms with Crippen LogP contribution in [0.15, 0.2) is 24.3 Å². The quantitative estimate of drug-likeness (QED) is 0.877. The summed E-state index contributed by atoms with van der Waals surface area (Å²) in [4.78, 5) is 0.952. The standard InChI is InChI=1S/C13H13F3N2O/c14-13(15,16)11-3-1-2-10(8-11)12(9-17)18-4-6-19-7-5-18/h1-3,8,12H,4-7H2/p+1/t12-/m0/s1. The molecule has 1 fully saturated rings. The van der Waals surface area contributed by atoms with Gasteiger partial charge in [0.15, 0.2) is 0 Å². The molecule has 1 aliphatic heterocycles. The first-order valence-corrected chi connectivity index (χ1v) is 6.01. The van der Waals surface area contributed by atoms with Crippen LogP contribution in [0.4, 0.5) is 13.2 Å². The Morgan fingerprint density at radius 2 is 1.95 bits per heavy atom. The molecule has 1 atom stereocenters. The average molecular weight is 271 g/mol. The van der Waals surface area contributed by atoms with E-state index in [0.29, 0.717) is 31.9 Å². The van der Waals surface area contributed by atoms with Crippen molar-refractivity contribution in [1.82, 2.24) is 0 Å². The number of morpholine rings is 1. The van der Waals surface area contributed by atoms with Crippen molar-refractivity contribution in [2.75, 3.05) is 26.3 Å². The van der Waals surface area contributed by atoms with Gasteiger partial charge in [0.1, 0.15) is 19.2 Å².